The molecule has 1 atom stereocenters. The Morgan fingerprint density at radius 2 is 1.57 bits per heavy atom. The van der Waals surface area contributed by atoms with Crippen molar-refractivity contribution in [1.82, 2.24) is 0 Å². The highest BCUT2D eigenvalue weighted by molar-refractivity contribution is 5.33. The molecule has 120 valence electrons. The van der Waals surface area contributed by atoms with E-state index in [-0.39, 0.29) is 6.04 Å². The number of benzene rings is 1. The summed E-state index contributed by atoms with van der Waals surface area (Å²) in [5.74, 6) is 1.01. The van der Waals surface area contributed by atoms with E-state index < -0.39 is 0 Å². The zero-order valence-corrected chi connectivity index (χ0v) is 13.9. The summed E-state index contributed by atoms with van der Waals surface area (Å²) in [7, 11) is 0. The molecule has 1 aromatic rings. The predicted molar refractivity (Wildman–Crippen MR) is 91.9 cm³/mol. The van der Waals surface area contributed by atoms with Crippen molar-refractivity contribution in [3.8, 4) is 5.75 Å². The third-order valence-electron chi connectivity index (χ3n) is 3.77. The van der Waals surface area contributed by atoms with Crippen LogP contribution in [0, 0.1) is 0 Å². The first kappa shape index (κ1) is 18.0. The second kappa shape index (κ2) is 11.6. The fraction of sp³-hybridized carbons (Fsp3) is 0.684. The minimum absolute atomic E-state index is 0.179. The van der Waals surface area contributed by atoms with Crippen LogP contribution in [0.2, 0.25) is 0 Å². The summed E-state index contributed by atoms with van der Waals surface area (Å²) in [6, 6.07) is 8.45. The molecule has 1 unspecified atom stereocenters. The van der Waals surface area contributed by atoms with E-state index in [4.69, 9.17) is 10.5 Å². The second-order valence-electron chi connectivity index (χ2n) is 6.11. The van der Waals surface area contributed by atoms with Gasteiger partial charge in [-0.15, -0.1) is 0 Å². The van der Waals surface area contributed by atoms with Gasteiger partial charge in [0.25, 0.3) is 0 Å². The van der Waals surface area contributed by atoms with Crippen molar-refractivity contribution < 1.29 is 4.74 Å². The number of rotatable bonds is 12. The molecule has 0 fully saturated rings. The summed E-state index contributed by atoms with van der Waals surface area (Å²) in [6.45, 7) is 5.13. The van der Waals surface area contributed by atoms with Gasteiger partial charge in [0.1, 0.15) is 5.75 Å². The molecular weight excluding hydrogens is 258 g/mol. The van der Waals surface area contributed by atoms with Crippen LogP contribution < -0.4 is 10.5 Å². The molecule has 0 aliphatic carbocycles. The average Bonchev–Trinajstić information content (AvgIpc) is 2.46. The number of ether oxygens (including phenoxy) is 1. The molecule has 0 spiro atoms. The molecule has 0 bridgehead atoms. The fourth-order valence-corrected chi connectivity index (χ4v) is 2.58. The Morgan fingerprint density at radius 3 is 2.24 bits per heavy atom. The Kier molecular flexibility index (Phi) is 9.98. The lowest BCUT2D eigenvalue weighted by Crippen LogP contribution is -2.18. The Bertz CT molecular complexity index is 362. The lowest BCUT2D eigenvalue weighted by Gasteiger charge is -2.13. The Morgan fingerprint density at radius 1 is 0.952 bits per heavy atom. The third-order valence-corrected chi connectivity index (χ3v) is 3.77. The smallest absolute Gasteiger partial charge is 0.122 e. The molecule has 2 heteroatoms. The van der Waals surface area contributed by atoms with Crippen molar-refractivity contribution in [3.63, 3.8) is 0 Å². The van der Waals surface area contributed by atoms with Gasteiger partial charge in [0.15, 0.2) is 0 Å². The lowest BCUT2D eigenvalue weighted by atomic mass is 10.1. The lowest BCUT2D eigenvalue weighted by molar-refractivity contribution is 0.301. The number of nitrogens with two attached hydrogens (primary N) is 1. The van der Waals surface area contributed by atoms with Crippen LogP contribution in [0.4, 0.5) is 0 Å². The average molecular weight is 291 g/mol. The van der Waals surface area contributed by atoms with E-state index in [0.717, 1.165) is 25.2 Å². The standard InChI is InChI=1S/C19H33NO/c1-3-4-5-6-7-8-9-12-15-21-19-14-11-10-13-18(19)16-17(2)20/h10-11,13-14,17H,3-9,12,15-16,20H2,1-2H3. The van der Waals surface area contributed by atoms with Gasteiger partial charge >= 0.3 is 0 Å². The van der Waals surface area contributed by atoms with Crippen LogP contribution in [0.15, 0.2) is 24.3 Å². The number of para-hydroxylation sites is 1. The number of hydrogen-bond donors (Lipinski definition) is 1. The number of hydrogen-bond acceptors (Lipinski definition) is 2. The molecule has 2 nitrogen and oxygen atoms in total. The molecule has 0 amide bonds. The van der Waals surface area contributed by atoms with Crippen molar-refractivity contribution in [2.24, 2.45) is 5.73 Å². The summed E-state index contributed by atoms with van der Waals surface area (Å²) in [6.07, 6.45) is 11.5. The highest BCUT2D eigenvalue weighted by Crippen LogP contribution is 2.19. The first-order valence-electron chi connectivity index (χ1n) is 8.70. The largest absolute Gasteiger partial charge is 0.493 e. The summed E-state index contributed by atoms with van der Waals surface area (Å²) in [5, 5.41) is 0. The van der Waals surface area contributed by atoms with E-state index in [1.54, 1.807) is 0 Å². The van der Waals surface area contributed by atoms with Gasteiger partial charge in [-0.2, -0.15) is 0 Å². The third kappa shape index (κ3) is 8.77. The Labute approximate surface area is 131 Å². The van der Waals surface area contributed by atoms with Crippen LogP contribution in [-0.4, -0.2) is 12.6 Å². The summed E-state index contributed by atoms with van der Waals surface area (Å²) in [5.41, 5.74) is 7.11. The molecule has 0 saturated heterocycles. The van der Waals surface area contributed by atoms with E-state index in [0.29, 0.717) is 0 Å². The van der Waals surface area contributed by atoms with E-state index in [9.17, 15) is 0 Å². The van der Waals surface area contributed by atoms with Gasteiger partial charge in [-0.25, -0.2) is 0 Å². The molecule has 0 aliphatic heterocycles. The van der Waals surface area contributed by atoms with Crippen LogP contribution in [0.1, 0.15) is 70.8 Å². The zero-order chi connectivity index (χ0) is 15.3. The quantitative estimate of drug-likeness (QED) is 0.544. The van der Waals surface area contributed by atoms with Crippen LogP contribution in [0.5, 0.6) is 5.75 Å². The van der Waals surface area contributed by atoms with Crippen LogP contribution in [-0.2, 0) is 6.42 Å². The first-order valence-corrected chi connectivity index (χ1v) is 8.70. The summed E-state index contributed by atoms with van der Waals surface area (Å²) < 4.78 is 5.93. The summed E-state index contributed by atoms with van der Waals surface area (Å²) in [4.78, 5) is 0. The minimum atomic E-state index is 0.179. The maximum atomic E-state index is 5.93. The van der Waals surface area contributed by atoms with Crippen LogP contribution in [0.3, 0.4) is 0 Å². The van der Waals surface area contributed by atoms with Crippen molar-refractivity contribution in [3.05, 3.63) is 29.8 Å². The van der Waals surface area contributed by atoms with Crippen molar-refractivity contribution in [2.45, 2.75) is 77.7 Å². The topological polar surface area (TPSA) is 35.2 Å². The molecule has 1 aromatic carbocycles. The molecule has 0 aliphatic rings. The maximum absolute atomic E-state index is 5.93. The molecule has 0 heterocycles. The Balaban J connectivity index is 2.12. The highest BCUT2D eigenvalue weighted by atomic mass is 16.5. The predicted octanol–water partition coefficient (Wildman–Crippen LogP) is 5.10. The van der Waals surface area contributed by atoms with E-state index in [2.05, 4.69) is 25.1 Å². The Hall–Kier alpha value is -1.02. The van der Waals surface area contributed by atoms with E-state index in [1.165, 1.54) is 50.5 Å². The monoisotopic (exact) mass is 291 g/mol. The van der Waals surface area contributed by atoms with Gasteiger partial charge in [0, 0.05) is 6.04 Å². The fourth-order valence-electron chi connectivity index (χ4n) is 2.58. The van der Waals surface area contributed by atoms with Crippen molar-refractivity contribution in [2.75, 3.05) is 6.61 Å². The molecule has 2 N–H and O–H groups in total. The molecule has 0 aromatic heterocycles. The summed E-state index contributed by atoms with van der Waals surface area (Å²) >= 11 is 0. The normalized spacial score (nSPS) is 12.3. The molecule has 0 saturated carbocycles. The minimum Gasteiger partial charge on any atom is -0.493 e. The molecular formula is C19H33NO. The van der Waals surface area contributed by atoms with Gasteiger partial charge in [-0.3, -0.25) is 0 Å². The van der Waals surface area contributed by atoms with Crippen molar-refractivity contribution in [1.29, 1.82) is 0 Å². The molecule has 0 radical (unpaired) electrons. The van der Waals surface area contributed by atoms with Crippen LogP contribution >= 0.6 is 0 Å². The van der Waals surface area contributed by atoms with Gasteiger partial charge in [-0.1, -0.05) is 70.1 Å². The van der Waals surface area contributed by atoms with Crippen molar-refractivity contribution >= 4 is 0 Å². The highest BCUT2D eigenvalue weighted by Gasteiger charge is 2.05. The van der Waals surface area contributed by atoms with Gasteiger partial charge in [0.2, 0.25) is 0 Å². The van der Waals surface area contributed by atoms with Crippen LogP contribution in [0.25, 0.3) is 0 Å². The molecule has 1 rings (SSSR count). The van der Waals surface area contributed by atoms with Gasteiger partial charge in [0.05, 0.1) is 6.61 Å². The van der Waals surface area contributed by atoms with E-state index in [1.807, 2.05) is 13.0 Å². The molecule has 21 heavy (non-hydrogen) atoms. The van der Waals surface area contributed by atoms with Gasteiger partial charge in [-0.05, 0) is 31.4 Å². The SMILES string of the molecule is CCCCCCCCCCOc1ccccc1CC(C)N. The number of unbranched alkanes of at least 4 members (excludes halogenated alkanes) is 7. The zero-order valence-electron chi connectivity index (χ0n) is 13.9. The first-order chi connectivity index (χ1) is 10.2. The second-order valence-corrected chi connectivity index (χ2v) is 6.11. The van der Waals surface area contributed by atoms with E-state index >= 15 is 0 Å². The maximum Gasteiger partial charge on any atom is 0.122 e. The van der Waals surface area contributed by atoms with Gasteiger partial charge < -0.3 is 10.5 Å².